The third kappa shape index (κ3) is 3.66. The quantitative estimate of drug-likeness (QED) is 0.791. The van der Waals surface area contributed by atoms with E-state index in [4.69, 9.17) is 9.84 Å². The van der Waals surface area contributed by atoms with Crippen molar-refractivity contribution in [2.75, 3.05) is 17.7 Å². The number of hydrogen-bond acceptors (Lipinski definition) is 5. The van der Waals surface area contributed by atoms with Crippen molar-refractivity contribution in [3.63, 3.8) is 0 Å². The SMILES string of the molecule is COc1ccc(C(=O)O)cc1NC(=O)Nc1cncnc1. The van der Waals surface area contributed by atoms with E-state index in [1.54, 1.807) is 0 Å². The van der Waals surface area contributed by atoms with Gasteiger partial charge in [-0.1, -0.05) is 0 Å². The van der Waals surface area contributed by atoms with Gasteiger partial charge in [0.1, 0.15) is 12.1 Å². The summed E-state index contributed by atoms with van der Waals surface area (Å²) >= 11 is 0. The van der Waals surface area contributed by atoms with Gasteiger partial charge in [-0.25, -0.2) is 19.6 Å². The predicted molar refractivity (Wildman–Crippen MR) is 74.6 cm³/mol. The van der Waals surface area contributed by atoms with Gasteiger partial charge in [0, 0.05) is 0 Å². The van der Waals surface area contributed by atoms with Crippen LogP contribution in [0.25, 0.3) is 0 Å². The van der Waals surface area contributed by atoms with Crippen LogP contribution in [0.1, 0.15) is 10.4 Å². The number of anilines is 2. The molecule has 1 aromatic heterocycles. The van der Waals surface area contributed by atoms with Crippen molar-refractivity contribution in [3.05, 3.63) is 42.5 Å². The van der Waals surface area contributed by atoms with Gasteiger partial charge in [0.25, 0.3) is 0 Å². The highest BCUT2D eigenvalue weighted by Crippen LogP contribution is 2.25. The topological polar surface area (TPSA) is 113 Å². The summed E-state index contributed by atoms with van der Waals surface area (Å²) in [4.78, 5) is 30.3. The number of benzene rings is 1. The summed E-state index contributed by atoms with van der Waals surface area (Å²) in [6, 6.07) is 3.59. The Morgan fingerprint density at radius 1 is 1.19 bits per heavy atom. The van der Waals surface area contributed by atoms with Crippen LogP contribution in [0.4, 0.5) is 16.2 Å². The number of carboxylic acid groups (broad SMARTS) is 1. The summed E-state index contributed by atoms with van der Waals surface area (Å²) < 4.78 is 5.07. The number of urea groups is 1. The Morgan fingerprint density at radius 3 is 2.52 bits per heavy atom. The Bertz CT molecular complexity index is 660. The lowest BCUT2D eigenvalue weighted by Crippen LogP contribution is -2.20. The third-order valence-electron chi connectivity index (χ3n) is 2.51. The molecule has 0 saturated heterocycles. The van der Waals surface area contributed by atoms with E-state index in [0.29, 0.717) is 11.4 Å². The first kappa shape index (κ1) is 14.3. The summed E-state index contributed by atoms with van der Waals surface area (Å²) in [5.41, 5.74) is 0.684. The van der Waals surface area contributed by atoms with E-state index < -0.39 is 12.0 Å². The van der Waals surface area contributed by atoms with Crippen LogP contribution in [0, 0.1) is 0 Å². The average Bonchev–Trinajstić information content (AvgIpc) is 2.48. The third-order valence-corrected chi connectivity index (χ3v) is 2.51. The summed E-state index contributed by atoms with van der Waals surface area (Å²) in [7, 11) is 1.42. The van der Waals surface area contributed by atoms with Gasteiger partial charge < -0.3 is 20.5 Å². The Morgan fingerprint density at radius 2 is 1.90 bits per heavy atom. The number of carboxylic acids is 1. The molecule has 1 aromatic carbocycles. The minimum Gasteiger partial charge on any atom is -0.495 e. The zero-order chi connectivity index (χ0) is 15.2. The van der Waals surface area contributed by atoms with Gasteiger partial charge in [-0.3, -0.25) is 0 Å². The van der Waals surface area contributed by atoms with Crippen LogP contribution in [0.2, 0.25) is 0 Å². The molecule has 8 heteroatoms. The largest absolute Gasteiger partial charge is 0.495 e. The lowest BCUT2D eigenvalue weighted by Gasteiger charge is -2.11. The van der Waals surface area contributed by atoms with Crippen LogP contribution in [-0.4, -0.2) is 34.2 Å². The normalized spacial score (nSPS) is 9.76. The fraction of sp³-hybridized carbons (Fsp3) is 0.0769. The molecule has 2 aromatic rings. The number of carbonyl (C=O) groups is 2. The fourth-order valence-electron chi connectivity index (χ4n) is 1.59. The lowest BCUT2D eigenvalue weighted by atomic mass is 10.2. The standard InChI is InChI=1S/C13H12N4O4/c1-21-11-3-2-8(12(18)19)4-10(11)17-13(20)16-9-5-14-7-15-6-9/h2-7H,1H3,(H,18,19)(H2,16,17,20). The van der Waals surface area contributed by atoms with E-state index in [9.17, 15) is 9.59 Å². The Hall–Kier alpha value is -3.16. The van der Waals surface area contributed by atoms with Crippen LogP contribution in [0.15, 0.2) is 36.9 Å². The summed E-state index contributed by atoms with van der Waals surface area (Å²) in [5.74, 6) is -0.753. The molecule has 3 N–H and O–H groups in total. The Kier molecular flexibility index (Phi) is 4.30. The number of methoxy groups -OCH3 is 1. The minimum absolute atomic E-state index is 0.0362. The van der Waals surface area contributed by atoms with Crippen LogP contribution in [-0.2, 0) is 0 Å². The molecule has 0 aliphatic carbocycles. The van der Waals surface area contributed by atoms with Gasteiger partial charge in [-0.15, -0.1) is 0 Å². The number of amides is 2. The molecule has 0 aliphatic rings. The van der Waals surface area contributed by atoms with Gasteiger partial charge in [-0.2, -0.15) is 0 Å². The molecule has 0 radical (unpaired) electrons. The number of rotatable bonds is 4. The number of aromatic carboxylic acids is 1. The van der Waals surface area contributed by atoms with Crippen LogP contribution in [0.5, 0.6) is 5.75 Å². The van der Waals surface area contributed by atoms with Gasteiger partial charge in [0.2, 0.25) is 0 Å². The second kappa shape index (κ2) is 6.33. The van der Waals surface area contributed by atoms with Crippen molar-refractivity contribution in [3.8, 4) is 5.75 Å². The number of nitrogens with zero attached hydrogens (tertiary/aromatic N) is 2. The van der Waals surface area contributed by atoms with Crippen molar-refractivity contribution in [1.29, 1.82) is 0 Å². The molecular formula is C13H12N4O4. The molecular weight excluding hydrogens is 276 g/mol. The molecule has 0 atom stereocenters. The Labute approximate surface area is 119 Å². The van der Waals surface area contributed by atoms with Crippen molar-refractivity contribution in [1.82, 2.24) is 9.97 Å². The maximum atomic E-state index is 11.9. The summed E-state index contributed by atoms with van der Waals surface area (Å²) in [6.45, 7) is 0. The molecule has 8 nitrogen and oxygen atoms in total. The molecule has 0 spiro atoms. The highest BCUT2D eigenvalue weighted by molar-refractivity contribution is 6.01. The minimum atomic E-state index is -1.10. The summed E-state index contributed by atoms with van der Waals surface area (Å²) in [5, 5.41) is 14.0. The number of carbonyl (C=O) groups excluding carboxylic acids is 1. The van der Waals surface area contributed by atoms with Gasteiger partial charge >= 0.3 is 12.0 Å². The maximum absolute atomic E-state index is 11.9. The molecule has 0 unspecified atom stereocenters. The molecule has 21 heavy (non-hydrogen) atoms. The molecule has 2 amide bonds. The average molecular weight is 288 g/mol. The van der Waals surface area contributed by atoms with Crippen LogP contribution >= 0.6 is 0 Å². The van der Waals surface area contributed by atoms with Gasteiger partial charge in [0.15, 0.2) is 0 Å². The number of aromatic nitrogens is 2. The number of hydrogen-bond donors (Lipinski definition) is 3. The van der Waals surface area contributed by atoms with E-state index in [2.05, 4.69) is 20.6 Å². The van der Waals surface area contributed by atoms with E-state index >= 15 is 0 Å². The van der Waals surface area contributed by atoms with Crippen LogP contribution < -0.4 is 15.4 Å². The fourth-order valence-corrected chi connectivity index (χ4v) is 1.59. The predicted octanol–water partition coefficient (Wildman–Crippen LogP) is 1.83. The smallest absolute Gasteiger partial charge is 0.335 e. The molecule has 0 fully saturated rings. The van der Waals surface area contributed by atoms with Crippen molar-refractivity contribution in [2.24, 2.45) is 0 Å². The number of ether oxygens (including phenoxy) is 1. The first-order valence-corrected chi connectivity index (χ1v) is 5.84. The number of nitrogens with one attached hydrogen (secondary N) is 2. The van der Waals surface area contributed by atoms with E-state index in [1.165, 1.54) is 44.0 Å². The molecule has 2 rings (SSSR count). The zero-order valence-corrected chi connectivity index (χ0v) is 11.0. The highest BCUT2D eigenvalue weighted by atomic mass is 16.5. The van der Waals surface area contributed by atoms with Crippen LogP contribution in [0.3, 0.4) is 0 Å². The van der Waals surface area contributed by atoms with Crippen molar-refractivity contribution >= 4 is 23.4 Å². The second-order valence-electron chi connectivity index (χ2n) is 3.93. The second-order valence-corrected chi connectivity index (χ2v) is 3.93. The van der Waals surface area contributed by atoms with Gasteiger partial charge in [0.05, 0.1) is 36.4 Å². The molecule has 0 aliphatic heterocycles. The zero-order valence-electron chi connectivity index (χ0n) is 11.0. The Balaban J connectivity index is 2.16. The lowest BCUT2D eigenvalue weighted by molar-refractivity contribution is 0.0697. The monoisotopic (exact) mass is 288 g/mol. The van der Waals surface area contributed by atoms with E-state index in [1.807, 2.05) is 0 Å². The van der Waals surface area contributed by atoms with E-state index in [0.717, 1.165) is 0 Å². The highest BCUT2D eigenvalue weighted by Gasteiger charge is 2.11. The first-order chi connectivity index (χ1) is 10.1. The molecule has 0 saturated carbocycles. The van der Waals surface area contributed by atoms with Crippen molar-refractivity contribution in [2.45, 2.75) is 0 Å². The van der Waals surface area contributed by atoms with E-state index in [-0.39, 0.29) is 11.3 Å². The molecule has 1 heterocycles. The summed E-state index contributed by atoms with van der Waals surface area (Å²) in [6.07, 6.45) is 4.19. The first-order valence-electron chi connectivity index (χ1n) is 5.84. The molecule has 0 bridgehead atoms. The molecule has 108 valence electrons. The van der Waals surface area contributed by atoms with Crippen molar-refractivity contribution < 1.29 is 19.4 Å². The van der Waals surface area contributed by atoms with Gasteiger partial charge in [-0.05, 0) is 18.2 Å². The maximum Gasteiger partial charge on any atom is 0.335 e.